The van der Waals surface area contributed by atoms with Crippen LogP contribution in [0, 0.1) is 15.8 Å². The molecule has 164 valence electrons. The fourth-order valence-corrected chi connectivity index (χ4v) is 3.98. The summed E-state index contributed by atoms with van der Waals surface area (Å²) in [6, 6.07) is 8.57. The second-order valence-corrected chi connectivity index (χ2v) is 9.73. The number of amides is 2. The number of alkyl carbamates (subject to hydrolysis) is 1. The lowest BCUT2D eigenvalue weighted by atomic mass is 9.99. The molecule has 3 N–H and O–H groups in total. The van der Waals surface area contributed by atoms with Gasteiger partial charge in [0.25, 0.3) is 0 Å². The topological polar surface area (TPSA) is 83.2 Å². The highest BCUT2D eigenvalue weighted by Gasteiger charge is 2.26. The molecule has 0 aliphatic rings. The summed E-state index contributed by atoms with van der Waals surface area (Å²) in [5.74, 6) is 0.381. The van der Waals surface area contributed by atoms with Crippen molar-refractivity contribution < 1.29 is 14.3 Å². The lowest BCUT2D eigenvalue weighted by molar-refractivity contribution is -0.124. The Hall–Kier alpha value is -2.19. The molecule has 2 rings (SSSR count). The molecule has 1 aromatic carbocycles. The number of rotatable bonds is 10. The average Bonchev–Trinajstić information content (AvgIpc) is 3.12. The van der Waals surface area contributed by atoms with Gasteiger partial charge in [0.15, 0.2) is 3.95 Å². The zero-order chi connectivity index (χ0) is 22.1. The molecule has 1 heterocycles. The fraction of sp³-hybridized carbons (Fsp3) is 0.500. The van der Waals surface area contributed by atoms with Gasteiger partial charge in [-0.2, -0.15) is 0 Å². The molecule has 2 aromatic rings. The molecular formula is C22H31N3O3S2. The Kier molecular flexibility index (Phi) is 9.52. The highest BCUT2D eigenvalue weighted by atomic mass is 32.1. The third-order valence-electron chi connectivity index (χ3n) is 4.47. The van der Waals surface area contributed by atoms with Gasteiger partial charge in [0.05, 0.1) is 6.04 Å². The van der Waals surface area contributed by atoms with Crippen LogP contribution in [-0.4, -0.2) is 23.0 Å². The van der Waals surface area contributed by atoms with Crippen molar-refractivity contribution >= 4 is 35.6 Å². The third kappa shape index (κ3) is 8.28. The van der Waals surface area contributed by atoms with E-state index in [-0.39, 0.29) is 24.5 Å². The zero-order valence-corrected chi connectivity index (χ0v) is 19.6. The monoisotopic (exact) mass is 449 g/mol. The van der Waals surface area contributed by atoms with Crippen molar-refractivity contribution in [2.45, 2.75) is 59.2 Å². The van der Waals surface area contributed by atoms with E-state index in [1.54, 1.807) is 0 Å². The number of thiazole rings is 1. The van der Waals surface area contributed by atoms with Crippen LogP contribution in [-0.2, 0) is 16.1 Å². The van der Waals surface area contributed by atoms with Gasteiger partial charge in [0.2, 0.25) is 5.91 Å². The van der Waals surface area contributed by atoms with Crippen LogP contribution in [0.1, 0.15) is 57.8 Å². The van der Waals surface area contributed by atoms with Gasteiger partial charge in [-0.3, -0.25) is 4.79 Å². The van der Waals surface area contributed by atoms with Crippen LogP contribution < -0.4 is 10.6 Å². The Morgan fingerprint density at radius 2 is 1.73 bits per heavy atom. The molecular weight excluding hydrogens is 418 g/mol. The van der Waals surface area contributed by atoms with Gasteiger partial charge >= 0.3 is 6.09 Å². The second kappa shape index (κ2) is 11.9. The van der Waals surface area contributed by atoms with Crippen molar-refractivity contribution in [1.82, 2.24) is 15.6 Å². The third-order valence-corrected chi connectivity index (χ3v) is 5.55. The minimum Gasteiger partial charge on any atom is -0.445 e. The quantitative estimate of drug-likeness (QED) is 0.427. The molecule has 2 atom stereocenters. The van der Waals surface area contributed by atoms with E-state index in [9.17, 15) is 9.59 Å². The summed E-state index contributed by atoms with van der Waals surface area (Å²) in [6.07, 6.45) is 0.677. The SMILES string of the molecule is CC(C)C[C@H](NC(=O)OCc1ccccc1)C(=O)N[C@@H](CC(C)C)c1csc(=S)[nH]1. The highest BCUT2D eigenvalue weighted by Crippen LogP contribution is 2.22. The van der Waals surface area contributed by atoms with Crippen molar-refractivity contribution in [2.75, 3.05) is 0 Å². The summed E-state index contributed by atoms with van der Waals surface area (Å²) in [7, 11) is 0. The van der Waals surface area contributed by atoms with Crippen LogP contribution in [0.15, 0.2) is 35.7 Å². The molecule has 2 amide bonds. The smallest absolute Gasteiger partial charge is 0.408 e. The molecule has 0 aliphatic carbocycles. The van der Waals surface area contributed by atoms with E-state index in [1.807, 2.05) is 49.6 Å². The number of benzene rings is 1. The molecule has 6 nitrogen and oxygen atoms in total. The van der Waals surface area contributed by atoms with E-state index in [4.69, 9.17) is 17.0 Å². The van der Waals surface area contributed by atoms with Crippen LogP contribution in [0.4, 0.5) is 4.79 Å². The van der Waals surface area contributed by atoms with Gasteiger partial charge in [-0.1, -0.05) is 58.0 Å². The zero-order valence-electron chi connectivity index (χ0n) is 17.9. The first-order chi connectivity index (χ1) is 14.2. The Balaban J connectivity index is 2.03. The first-order valence-electron chi connectivity index (χ1n) is 10.2. The van der Waals surface area contributed by atoms with Crippen molar-refractivity contribution in [2.24, 2.45) is 11.8 Å². The number of ether oxygens (including phenoxy) is 1. The Morgan fingerprint density at radius 1 is 1.07 bits per heavy atom. The summed E-state index contributed by atoms with van der Waals surface area (Å²) < 4.78 is 5.97. The molecule has 0 saturated heterocycles. The number of nitrogens with one attached hydrogen (secondary N) is 3. The molecule has 0 spiro atoms. The van der Waals surface area contributed by atoms with Crippen LogP contribution in [0.3, 0.4) is 0 Å². The lowest BCUT2D eigenvalue weighted by Crippen LogP contribution is -2.48. The number of hydrogen-bond donors (Lipinski definition) is 3. The van der Waals surface area contributed by atoms with Gasteiger partial charge in [0.1, 0.15) is 12.6 Å². The summed E-state index contributed by atoms with van der Waals surface area (Å²) in [5.41, 5.74) is 1.78. The molecule has 0 bridgehead atoms. The van der Waals surface area contributed by atoms with Gasteiger partial charge in [-0.25, -0.2) is 4.79 Å². The average molecular weight is 450 g/mol. The largest absolute Gasteiger partial charge is 0.445 e. The predicted octanol–water partition coefficient (Wildman–Crippen LogP) is 5.35. The van der Waals surface area contributed by atoms with Gasteiger partial charge in [0, 0.05) is 11.1 Å². The van der Waals surface area contributed by atoms with Crippen molar-refractivity contribution in [3.05, 3.63) is 50.9 Å². The molecule has 0 unspecified atom stereocenters. The van der Waals surface area contributed by atoms with Crippen molar-refractivity contribution in [1.29, 1.82) is 0 Å². The maximum atomic E-state index is 13.0. The first kappa shape index (κ1) is 24.1. The minimum atomic E-state index is -0.676. The van der Waals surface area contributed by atoms with Gasteiger partial charge in [-0.15, -0.1) is 11.3 Å². The fourth-order valence-electron chi connectivity index (χ4n) is 3.08. The van der Waals surface area contributed by atoms with Crippen molar-refractivity contribution in [3.63, 3.8) is 0 Å². The molecule has 0 aliphatic heterocycles. The van der Waals surface area contributed by atoms with E-state index in [1.165, 1.54) is 11.3 Å². The Labute approximate surface area is 187 Å². The molecule has 8 heteroatoms. The van der Waals surface area contributed by atoms with Gasteiger partial charge in [-0.05, 0) is 42.5 Å². The lowest BCUT2D eigenvalue weighted by Gasteiger charge is -2.25. The number of carbonyl (C=O) groups is 2. The minimum absolute atomic E-state index is 0.157. The summed E-state index contributed by atoms with van der Waals surface area (Å²) in [4.78, 5) is 28.5. The number of aromatic amines is 1. The van der Waals surface area contributed by atoms with Crippen LogP contribution in [0.2, 0.25) is 0 Å². The number of hydrogen-bond acceptors (Lipinski definition) is 5. The maximum Gasteiger partial charge on any atom is 0.408 e. The maximum absolute atomic E-state index is 13.0. The van der Waals surface area contributed by atoms with E-state index in [0.717, 1.165) is 17.7 Å². The highest BCUT2D eigenvalue weighted by molar-refractivity contribution is 7.73. The summed E-state index contributed by atoms with van der Waals surface area (Å²) >= 11 is 6.63. The van der Waals surface area contributed by atoms with Crippen LogP contribution in [0.25, 0.3) is 0 Å². The summed E-state index contributed by atoms with van der Waals surface area (Å²) in [6.45, 7) is 8.39. The molecule has 30 heavy (non-hydrogen) atoms. The predicted molar refractivity (Wildman–Crippen MR) is 123 cm³/mol. The Morgan fingerprint density at radius 3 is 2.30 bits per heavy atom. The Bertz CT molecular complexity index is 862. The van der Waals surface area contributed by atoms with Gasteiger partial charge < -0.3 is 20.4 Å². The van der Waals surface area contributed by atoms with Crippen molar-refractivity contribution in [3.8, 4) is 0 Å². The summed E-state index contributed by atoms with van der Waals surface area (Å²) in [5, 5.41) is 7.75. The number of H-pyrrole nitrogens is 1. The van der Waals surface area contributed by atoms with E-state index >= 15 is 0 Å². The molecule has 0 saturated carbocycles. The standard InChI is InChI=1S/C22H31N3O3S2/c1-14(2)10-17(19-13-30-22(29)25-19)23-20(26)18(11-15(3)4)24-21(27)28-12-16-8-6-5-7-9-16/h5-9,13-15,17-18H,10-12H2,1-4H3,(H,23,26)(H,24,27)(H,25,29)/t17-,18-/m0/s1. The van der Waals surface area contributed by atoms with Crippen LogP contribution in [0.5, 0.6) is 0 Å². The van der Waals surface area contributed by atoms with E-state index in [0.29, 0.717) is 16.3 Å². The molecule has 0 radical (unpaired) electrons. The first-order valence-corrected chi connectivity index (χ1v) is 11.5. The molecule has 1 aromatic heterocycles. The normalized spacial score (nSPS) is 13.1. The second-order valence-electron chi connectivity index (χ2n) is 8.18. The number of aromatic nitrogens is 1. The van der Waals surface area contributed by atoms with E-state index in [2.05, 4.69) is 29.5 Å². The molecule has 0 fully saturated rings. The van der Waals surface area contributed by atoms with Crippen LogP contribution >= 0.6 is 23.6 Å². The van der Waals surface area contributed by atoms with E-state index < -0.39 is 12.1 Å². The number of carbonyl (C=O) groups excluding carboxylic acids is 2.